The number of hydrogen-bond acceptors (Lipinski definition) is 2. The van der Waals surface area contributed by atoms with E-state index in [1.165, 1.54) is 38.6 Å². The van der Waals surface area contributed by atoms with Crippen LogP contribution in [0.25, 0.3) is 0 Å². The summed E-state index contributed by atoms with van der Waals surface area (Å²) in [6, 6.07) is 0.751. The minimum Gasteiger partial charge on any atom is -0.330 e. The second kappa shape index (κ2) is 2.76. The van der Waals surface area contributed by atoms with Crippen LogP contribution in [0.5, 0.6) is 0 Å². The molecule has 2 atom stereocenters. The maximum Gasteiger partial charge on any atom is 0.0136 e. The molecule has 1 heterocycles. The van der Waals surface area contributed by atoms with Crippen LogP contribution in [-0.4, -0.2) is 19.1 Å². The van der Waals surface area contributed by atoms with Crippen molar-refractivity contribution in [2.45, 2.75) is 38.1 Å². The minimum atomic E-state index is 0.498. The maximum absolute atomic E-state index is 5.84. The number of nitrogens with two attached hydrogens (primary N) is 1. The molecular formula is C9H18N2. The number of rotatable bonds is 1. The van der Waals surface area contributed by atoms with E-state index in [1.54, 1.807) is 0 Å². The first-order chi connectivity index (χ1) is 5.37. The molecule has 0 bridgehead atoms. The Morgan fingerprint density at radius 2 is 2.27 bits per heavy atom. The molecule has 2 fully saturated rings. The molecule has 1 saturated heterocycles. The van der Waals surface area contributed by atoms with Crippen molar-refractivity contribution in [3.63, 3.8) is 0 Å². The van der Waals surface area contributed by atoms with Gasteiger partial charge >= 0.3 is 0 Å². The lowest BCUT2D eigenvalue weighted by molar-refractivity contribution is 0.182. The highest BCUT2D eigenvalue weighted by Crippen LogP contribution is 2.41. The molecule has 2 rings (SSSR count). The monoisotopic (exact) mass is 154 g/mol. The summed E-state index contributed by atoms with van der Waals surface area (Å²) in [6.45, 7) is 2.09. The van der Waals surface area contributed by atoms with Gasteiger partial charge in [0.2, 0.25) is 0 Å². The van der Waals surface area contributed by atoms with Gasteiger partial charge in [-0.1, -0.05) is 12.8 Å². The molecule has 11 heavy (non-hydrogen) atoms. The van der Waals surface area contributed by atoms with E-state index in [9.17, 15) is 0 Å². The third-order valence-corrected chi connectivity index (χ3v) is 3.58. The fourth-order valence-electron chi connectivity index (χ4n) is 2.77. The average Bonchev–Trinajstić information content (AvgIpc) is 2.48. The zero-order valence-electron chi connectivity index (χ0n) is 7.10. The Morgan fingerprint density at radius 1 is 1.36 bits per heavy atom. The third kappa shape index (κ3) is 1.09. The molecule has 1 aliphatic heterocycles. The molecule has 64 valence electrons. The number of hydrogen-bond donors (Lipinski definition) is 2. The summed E-state index contributed by atoms with van der Waals surface area (Å²) < 4.78 is 0. The highest BCUT2D eigenvalue weighted by Gasteiger charge is 2.42. The zero-order chi connectivity index (χ0) is 7.73. The standard InChI is InChI=1S/C9H18N2/c10-7-9-4-2-1-3-8(9)11-6-5-9/h8,11H,1-7,10H2. The Balaban J connectivity index is 2.12. The van der Waals surface area contributed by atoms with Crippen LogP contribution in [0.1, 0.15) is 32.1 Å². The molecule has 0 aromatic carbocycles. The lowest BCUT2D eigenvalue weighted by atomic mass is 9.71. The Bertz CT molecular complexity index is 146. The first-order valence-electron chi connectivity index (χ1n) is 4.81. The quantitative estimate of drug-likeness (QED) is 0.588. The van der Waals surface area contributed by atoms with Crippen LogP contribution in [0.3, 0.4) is 0 Å². The highest BCUT2D eigenvalue weighted by atomic mass is 15.0. The van der Waals surface area contributed by atoms with E-state index in [1.807, 2.05) is 0 Å². The summed E-state index contributed by atoms with van der Waals surface area (Å²) in [5, 5.41) is 3.57. The van der Waals surface area contributed by atoms with Gasteiger partial charge in [0.15, 0.2) is 0 Å². The first-order valence-corrected chi connectivity index (χ1v) is 4.81. The number of fused-ring (bicyclic) bond motifs is 1. The molecule has 0 amide bonds. The molecule has 0 aromatic rings. The van der Waals surface area contributed by atoms with Gasteiger partial charge in [-0.2, -0.15) is 0 Å². The summed E-state index contributed by atoms with van der Waals surface area (Å²) in [5.74, 6) is 0. The topological polar surface area (TPSA) is 38.0 Å². The highest BCUT2D eigenvalue weighted by molar-refractivity contribution is 4.99. The van der Waals surface area contributed by atoms with Crippen molar-refractivity contribution in [1.82, 2.24) is 5.32 Å². The van der Waals surface area contributed by atoms with Crippen molar-refractivity contribution in [2.75, 3.05) is 13.1 Å². The summed E-state index contributed by atoms with van der Waals surface area (Å²) in [7, 11) is 0. The van der Waals surface area contributed by atoms with Crippen molar-refractivity contribution < 1.29 is 0 Å². The molecule has 0 radical (unpaired) electrons. The van der Waals surface area contributed by atoms with Crippen LogP contribution >= 0.6 is 0 Å². The van der Waals surface area contributed by atoms with Crippen LogP contribution in [-0.2, 0) is 0 Å². The van der Waals surface area contributed by atoms with E-state index in [-0.39, 0.29) is 0 Å². The lowest BCUT2D eigenvalue weighted by Crippen LogP contribution is -2.44. The third-order valence-electron chi connectivity index (χ3n) is 3.58. The van der Waals surface area contributed by atoms with Crippen LogP contribution in [0.4, 0.5) is 0 Å². The molecular weight excluding hydrogens is 136 g/mol. The van der Waals surface area contributed by atoms with E-state index in [0.717, 1.165) is 12.6 Å². The minimum absolute atomic E-state index is 0.498. The van der Waals surface area contributed by atoms with Crippen LogP contribution in [0.15, 0.2) is 0 Å². The molecule has 0 spiro atoms. The van der Waals surface area contributed by atoms with Gasteiger partial charge in [0.25, 0.3) is 0 Å². The maximum atomic E-state index is 5.84. The Morgan fingerprint density at radius 3 is 3.00 bits per heavy atom. The Labute approximate surface area is 68.5 Å². The predicted molar refractivity (Wildman–Crippen MR) is 46.4 cm³/mol. The smallest absolute Gasteiger partial charge is 0.0136 e. The molecule has 1 saturated carbocycles. The van der Waals surface area contributed by atoms with Gasteiger partial charge in [0.1, 0.15) is 0 Å². The largest absolute Gasteiger partial charge is 0.330 e. The van der Waals surface area contributed by atoms with Gasteiger partial charge in [0.05, 0.1) is 0 Å². The van der Waals surface area contributed by atoms with Gasteiger partial charge < -0.3 is 11.1 Å². The molecule has 2 nitrogen and oxygen atoms in total. The van der Waals surface area contributed by atoms with Gasteiger partial charge in [-0.3, -0.25) is 0 Å². The van der Waals surface area contributed by atoms with Crippen LogP contribution in [0, 0.1) is 5.41 Å². The van der Waals surface area contributed by atoms with Crippen molar-refractivity contribution in [3.05, 3.63) is 0 Å². The zero-order valence-corrected chi connectivity index (χ0v) is 7.10. The van der Waals surface area contributed by atoms with E-state index < -0.39 is 0 Å². The van der Waals surface area contributed by atoms with Crippen LogP contribution < -0.4 is 11.1 Å². The van der Waals surface area contributed by atoms with Gasteiger partial charge in [-0.15, -0.1) is 0 Å². The van der Waals surface area contributed by atoms with E-state index in [4.69, 9.17) is 5.73 Å². The van der Waals surface area contributed by atoms with Gasteiger partial charge in [-0.25, -0.2) is 0 Å². The fraction of sp³-hybridized carbons (Fsp3) is 1.00. The first kappa shape index (κ1) is 7.56. The molecule has 0 aromatic heterocycles. The molecule has 2 aliphatic rings. The summed E-state index contributed by atoms with van der Waals surface area (Å²) >= 11 is 0. The van der Waals surface area contributed by atoms with Crippen molar-refractivity contribution >= 4 is 0 Å². The average molecular weight is 154 g/mol. The fourth-order valence-corrected chi connectivity index (χ4v) is 2.77. The number of nitrogens with one attached hydrogen (secondary N) is 1. The van der Waals surface area contributed by atoms with Gasteiger partial charge in [-0.05, 0) is 37.8 Å². The summed E-state index contributed by atoms with van der Waals surface area (Å²) in [6.07, 6.45) is 6.83. The lowest BCUT2D eigenvalue weighted by Gasteiger charge is -2.37. The Hall–Kier alpha value is -0.0800. The molecule has 2 unspecified atom stereocenters. The Kier molecular flexibility index (Phi) is 1.90. The van der Waals surface area contributed by atoms with Crippen LogP contribution in [0.2, 0.25) is 0 Å². The molecule has 2 heteroatoms. The van der Waals surface area contributed by atoms with Gasteiger partial charge in [0, 0.05) is 6.04 Å². The second-order valence-electron chi connectivity index (χ2n) is 4.07. The normalized spacial score (nSPS) is 43.9. The van der Waals surface area contributed by atoms with E-state index in [0.29, 0.717) is 5.41 Å². The van der Waals surface area contributed by atoms with Crippen molar-refractivity contribution in [3.8, 4) is 0 Å². The molecule has 1 aliphatic carbocycles. The van der Waals surface area contributed by atoms with Crippen molar-refractivity contribution in [2.24, 2.45) is 11.1 Å². The van der Waals surface area contributed by atoms with Crippen molar-refractivity contribution in [1.29, 1.82) is 0 Å². The second-order valence-corrected chi connectivity index (χ2v) is 4.07. The summed E-state index contributed by atoms with van der Waals surface area (Å²) in [4.78, 5) is 0. The van der Waals surface area contributed by atoms with E-state index in [2.05, 4.69) is 5.32 Å². The SMILES string of the molecule is NCC12CCCCC1NCC2. The summed E-state index contributed by atoms with van der Waals surface area (Å²) in [5.41, 5.74) is 6.34. The molecule has 3 N–H and O–H groups in total. The predicted octanol–water partition coefficient (Wildman–Crippen LogP) is 0.867. The van der Waals surface area contributed by atoms with E-state index >= 15 is 0 Å².